The zero-order valence-electron chi connectivity index (χ0n) is 11.8. The molecule has 2 rings (SSSR count). The zero-order valence-corrected chi connectivity index (χ0v) is 11.8. The molecule has 0 N–H and O–H groups in total. The highest BCUT2D eigenvalue weighted by Crippen LogP contribution is 2.16. The van der Waals surface area contributed by atoms with Gasteiger partial charge in [-0.25, -0.2) is 0 Å². The summed E-state index contributed by atoms with van der Waals surface area (Å²) in [5.41, 5.74) is 5.45. The van der Waals surface area contributed by atoms with Gasteiger partial charge >= 0.3 is 0 Å². The van der Waals surface area contributed by atoms with E-state index < -0.39 is 0 Å². The summed E-state index contributed by atoms with van der Waals surface area (Å²) in [5.74, 6) is 0. The van der Waals surface area contributed by atoms with Gasteiger partial charge in [-0.15, -0.1) is 0 Å². The maximum absolute atomic E-state index is 4.19. The second-order valence-corrected chi connectivity index (χ2v) is 4.90. The zero-order chi connectivity index (χ0) is 13.5. The minimum Gasteiger partial charge on any atom is -0.264 e. The lowest BCUT2D eigenvalue weighted by atomic mass is 10.0. The average Bonchev–Trinajstić information content (AvgIpc) is 2.47. The monoisotopic (exact) mass is 251 g/mol. The van der Waals surface area contributed by atoms with Crippen LogP contribution in [-0.4, -0.2) is 4.98 Å². The number of aromatic nitrogens is 1. The minimum absolute atomic E-state index is 1.03. The van der Waals surface area contributed by atoms with Gasteiger partial charge in [0.15, 0.2) is 0 Å². The van der Waals surface area contributed by atoms with Crippen molar-refractivity contribution in [1.82, 2.24) is 4.98 Å². The molecule has 0 aliphatic heterocycles. The summed E-state index contributed by atoms with van der Waals surface area (Å²) in [5, 5.41) is 0. The van der Waals surface area contributed by atoms with Crippen LogP contribution in [-0.2, 0) is 12.8 Å². The third-order valence-electron chi connectivity index (χ3n) is 3.37. The van der Waals surface area contributed by atoms with Crippen molar-refractivity contribution in [3.8, 4) is 0 Å². The summed E-state index contributed by atoms with van der Waals surface area (Å²) in [6, 6.07) is 12.8. The van der Waals surface area contributed by atoms with E-state index in [0.29, 0.717) is 0 Å². The Morgan fingerprint density at radius 2 is 1.95 bits per heavy atom. The van der Waals surface area contributed by atoms with Gasteiger partial charge in [-0.2, -0.15) is 0 Å². The third-order valence-corrected chi connectivity index (χ3v) is 3.37. The maximum Gasteiger partial charge on any atom is 0.0305 e. The largest absolute Gasteiger partial charge is 0.264 e. The highest BCUT2D eigenvalue weighted by Gasteiger charge is 1.99. The molecule has 0 bridgehead atoms. The van der Waals surface area contributed by atoms with Gasteiger partial charge in [0.2, 0.25) is 0 Å². The molecule has 1 heterocycles. The van der Waals surface area contributed by atoms with Gasteiger partial charge in [0, 0.05) is 12.4 Å². The molecule has 0 aliphatic carbocycles. The predicted octanol–water partition coefficient (Wildman–Crippen LogP) is 4.68. The van der Waals surface area contributed by atoms with Gasteiger partial charge < -0.3 is 0 Å². The van der Waals surface area contributed by atoms with Crippen LogP contribution in [0.2, 0.25) is 0 Å². The molecule has 0 aliphatic rings. The summed E-state index contributed by atoms with van der Waals surface area (Å²) in [7, 11) is 0. The first-order chi connectivity index (χ1) is 9.29. The Morgan fingerprint density at radius 1 is 1.16 bits per heavy atom. The maximum atomic E-state index is 4.19. The standard InChI is InChI=1S/C18H21N/c1-3-17-14-19-12-11-18(17)13-15(2)9-10-16-7-5-4-6-8-16/h4-8,11-14H,3,9-10H2,1-2H3. The number of hydrogen-bond donors (Lipinski definition) is 0. The van der Waals surface area contributed by atoms with E-state index in [-0.39, 0.29) is 0 Å². The van der Waals surface area contributed by atoms with Crippen molar-refractivity contribution in [1.29, 1.82) is 0 Å². The lowest BCUT2D eigenvalue weighted by Crippen LogP contribution is -1.90. The highest BCUT2D eigenvalue weighted by atomic mass is 14.6. The van der Waals surface area contributed by atoms with Crippen molar-refractivity contribution in [2.45, 2.75) is 33.1 Å². The first-order valence-electron chi connectivity index (χ1n) is 6.93. The molecule has 0 unspecified atom stereocenters. The minimum atomic E-state index is 1.03. The van der Waals surface area contributed by atoms with E-state index in [2.05, 4.69) is 61.3 Å². The van der Waals surface area contributed by atoms with Crippen molar-refractivity contribution in [2.24, 2.45) is 0 Å². The summed E-state index contributed by atoms with van der Waals surface area (Å²) in [4.78, 5) is 4.19. The number of allylic oxidation sites excluding steroid dienone is 1. The molecular weight excluding hydrogens is 230 g/mol. The summed E-state index contributed by atoms with van der Waals surface area (Å²) >= 11 is 0. The van der Waals surface area contributed by atoms with Crippen molar-refractivity contribution < 1.29 is 0 Å². The number of aryl methyl sites for hydroxylation is 2. The predicted molar refractivity (Wildman–Crippen MR) is 82.0 cm³/mol. The van der Waals surface area contributed by atoms with Crippen molar-refractivity contribution in [2.75, 3.05) is 0 Å². The Kier molecular flexibility index (Phi) is 4.91. The van der Waals surface area contributed by atoms with E-state index in [1.165, 1.54) is 22.3 Å². The molecule has 98 valence electrons. The molecule has 0 amide bonds. The molecule has 2 aromatic rings. The van der Waals surface area contributed by atoms with Crippen molar-refractivity contribution >= 4 is 6.08 Å². The van der Waals surface area contributed by atoms with Crippen LogP contribution in [0.4, 0.5) is 0 Å². The van der Waals surface area contributed by atoms with Crippen LogP contribution in [0.15, 0.2) is 54.4 Å². The summed E-state index contributed by atoms with van der Waals surface area (Å²) < 4.78 is 0. The molecule has 0 saturated heterocycles. The van der Waals surface area contributed by atoms with E-state index in [4.69, 9.17) is 0 Å². The number of nitrogens with zero attached hydrogens (tertiary/aromatic N) is 1. The van der Waals surface area contributed by atoms with Crippen molar-refractivity contribution in [3.05, 3.63) is 71.1 Å². The topological polar surface area (TPSA) is 12.9 Å². The Balaban J connectivity index is 2.03. The van der Waals surface area contributed by atoms with Crippen LogP contribution in [0, 0.1) is 0 Å². The van der Waals surface area contributed by atoms with Crippen LogP contribution < -0.4 is 0 Å². The van der Waals surface area contributed by atoms with Crippen LogP contribution in [0.1, 0.15) is 37.0 Å². The van der Waals surface area contributed by atoms with Gasteiger partial charge in [-0.05, 0) is 48.9 Å². The molecular formula is C18H21N. The Bertz CT molecular complexity index is 541. The molecule has 19 heavy (non-hydrogen) atoms. The first kappa shape index (κ1) is 13.5. The van der Waals surface area contributed by atoms with Gasteiger partial charge in [0.1, 0.15) is 0 Å². The fourth-order valence-electron chi connectivity index (χ4n) is 2.20. The molecule has 1 nitrogen and oxygen atoms in total. The van der Waals surface area contributed by atoms with Crippen LogP contribution >= 0.6 is 0 Å². The SMILES string of the molecule is CCc1cnccc1C=C(C)CCc1ccccc1. The van der Waals surface area contributed by atoms with Crippen molar-refractivity contribution in [3.63, 3.8) is 0 Å². The molecule has 1 heteroatoms. The van der Waals surface area contributed by atoms with Gasteiger partial charge in [0.25, 0.3) is 0 Å². The molecule has 0 saturated carbocycles. The molecule has 1 aromatic heterocycles. The quantitative estimate of drug-likeness (QED) is 0.752. The van der Waals surface area contributed by atoms with E-state index in [1.807, 2.05) is 12.4 Å². The summed E-state index contributed by atoms with van der Waals surface area (Å²) in [6.07, 6.45) is 9.38. The van der Waals surface area contributed by atoms with Gasteiger partial charge in [-0.3, -0.25) is 4.98 Å². The van der Waals surface area contributed by atoms with E-state index in [0.717, 1.165) is 19.3 Å². The lowest BCUT2D eigenvalue weighted by Gasteiger charge is -2.05. The van der Waals surface area contributed by atoms with Gasteiger partial charge in [0.05, 0.1) is 0 Å². The number of hydrogen-bond acceptors (Lipinski definition) is 1. The average molecular weight is 251 g/mol. The number of benzene rings is 1. The fourth-order valence-corrected chi connectivity index (χ4v) is 2.20. The molecule has 1 aromatic carbocycles. The molecule has 0 atom stereocenters. The van der Waals surface area contributed by atoms with Gasteiger partial charge in [-0.1, -0.05) is 48.9 Å². The molecule has 0 radical (unpaired) electrons. The normalized spacial score (nSPS) is 11.6. The fraction of sp³-hybridized carbons (Fsp3) is 0.278. The smallest absolute Gasteiger partial charge is 0.0305 e. The third kappa shape index (κ3) is 4.06. The Labute approximate surface area is 116 Å². The lowest BCUT2D eigenvalue weighted by molar-refractivity contribution is 0.947. The summed E-state index contributed by atoms with van der Waals surface area (Å²) in [6.45, 7) is 4.39. The number of rotatable bonds is 5. The van der Waals surface area contributed by atoms with Crippen LogP contribution in [0.5, 0.6) is 0 Å². The Hall–Kier alpha value is -1.89. The first-order valence-corrected chi connectivity index (χ1v) is 6.93. The Morgan fingerprint density at radius 3 is 2.68 bits per heavy atom. The number of pyridine rings is 1. The highest BCUT2D eigenvalue weighted by molar-refractivity contribution is 5.55. The molecule has 0 spiro atoms. The molecule has 0 fully saturated rings. The van der Waals surface area contributed by atoms with Crippen LogP contribution in [0.3, 0.4) is 0 Å². The second-order valence-electron chi connectivity index (χ2n) is 4.90. The van der Waals surface area contributed by atoms with E-state index >= 15 is 0 Å². The van der Waals surface area contributed by atoms with Crippen LogP contribution in [0.25, 0.3) is 6.08 Å². The van der Waals surface area contributed by atoms with E-state index in [1.54, 1.807) is 0 Å². The van der Waals surface area contributed by atoms with E-state index in [9.17, 15) is 0 Å². The second kappa shape index (κ2) is 6.89.